The van der Waals surface area contributed by atoms with Crippen molar-refractivity contribution in [1.82, 2.24) is 20.0 Å². The first kappa shape index (κ1) is 29.2. The van der Waals surface area contributed by atoms with Gasteiger partial charge in [0.1, 0.15) is 5.82 Å². The van der Waals surface area contributed by atoms with Crippen LogP contribution in [0.2, 0.25) is 0 Å². The minimum Gasteiger partial charge on any atom is -0.395 e. The second-order valence-electron chi connectivity index (χ2n) is 11.0. The summed E-state index contributed by atoms with van der Waals surface area (Å²) in [7, 11) is 0. The lowest BCUT2D eigenvalue weighted by Gasteiger charge is -2.34. The van der Waals surface area contributed by atoms with Gasteiger partial charge in [-0.1, -0.05) is 43.3 Å². The molecule has 8 nitrogen and oxygen atoms in total. The zero-order chi connectivity index (χ0) is 29.7. The topological polar surface area (TPSA) is 102 Å². The lowest BCUT2D eigenvalue weighted by Crippen LogP contribution is -2.49. The number of rotatable bonds is 10. The van der Waals surface area contributed by atoms with Crippen LogP contribution in [0.1, 0.15) is 25.8 Å². The molecule has 3 aromatic carbocycles. The van der Waals surface area contributed by atoms with Crippen LogP contribution in [0, 0.1) is 11.2 Å². The summed E-state index contributed by atoms with van der Waals surface area (Å²) in [4.78, 5) is 30.4. The third kappa shape index (κ3) is 6.42. The average molecular weight is 570 g/mol. The highest BCUT2D eigenvalue weighted by Gasteiger charge is 2.35. The van der Waals surface area contributed by atoms with Crippen LogP contribution in [-0.4, -0.2) is 76.2 Å². The highest BCUT2D eigenvalue weighted by Crippen LogP contribution is 2.30. The second-order valence-corrected chi connectivity index (χ2v) is 11.0. The average Bonchev–Trinajstić information content (AvgIpc) is 3.44. The maximum Gasteiger partial charge on any atom is 0.237 e. The van der Waals surface area contributed by atoms with E-state index in [1.807, 2.05) is 47.1 Å². The second kappa shape index (κ2) is 12.7. The van der Waals surface area contributed by atoms with Crippen molar-refractivity contribution < 1.29 is 19.1 Å². The molecule has 218 valence electrons. The number of hydrogen-bond acceptors (Lipinski definition) is 5. The molecule has 1 aromatic heterocycles. The number of likely N-dealkylation sites (N-methyl/N-ethyl adjacent to an activating group) is 1. The number of aliphatic hydroxyl groups is 1. The summed E-state index contributed by atoms with van der Waals surface area (Å²) in [6, 6.07) is 21.6. The highest BCUT2D eigenvalue weighted by molar-refractivity contribution is 6.00. The Labute approximate surface area is 244 Å². The van der Waals surface area contributed by atoms with Gasteiger partial charge < -0.3 is 15.3 Å². The van der Waals surface area contributed by atoms with Crippen LogP contribution in [0.5, 0.6) is 0 Å². The van der Waals surface area contributed by atoms with Gasteiger partial charge in [-0.3, -0.25) is 19.6 Å². The fourth-order valence-corrected chi connectivity index (χ4v) is 5.27. The Morgan fingerprint density at radius 1 is 1.10 bits per heavy atom. The maximum atomic E-state index is 13.5. The summed E-state index contributed by atoms with van der Waals surface area (Å²) in [5.74, 6) is -0.683. The largest absolute Gasteiger partial charge is 0.395 e. The van der Waals surface area contributed by atoms with Crippen LogP contribution in [0.15, 0.2) is 78.9 Å². The molecule has 0 aliphatic carbocycles. The number of aliphatic hydroxyl groups excluding tert-OH is 1. The van der Waals surface area contributed by atoms with E-state index in [0.29, 0.717) is 31.0 Å². The standard InChI is InChI=1S/C33H36FN5O3/c1-3-38(20-30(41)39-17-15-24(16-18-39)23-7-5-4-6-8-23)21-33(2,22-40)32(42)35-27-13-14-29-28(19-27)31(37-36-29)25-9-11-26(34)12-10-25/h4-15,19,40H,3,16-18,20-22H2,1-2H3,(H,35,42)(H,36,37). The van der Waals surface area contributed by atoms with Crippen LogP contribution in [0.4, 0.5) is 10.1 Å². The van der Waals surface area contributed by atoms with E-state index in [4.69, 9.17) is 0 Å². The molecule has 0 bridgehead atoms. The van der Waals surface area contributed by atoms with Crippen molar-refractivity contribution in [2.75, 3.05) is 44.6 Å². The number of amides is 2. The SMILES string of the molecule is CCN(CC(=O)N1CC=C(c2ccccc2)CC1)CC(C)(CO)C(=O)Nc1ccc2[nH]nc(-c3ccc(F)cc3)c2c1. The van der Waals surface area contributed by atoms with E-state index in [9.17, 15) is 19.1 Å². The minimum absolute atomic E-state index is 0.000332. The molecular formula is C33H36FN5O3. The smallest absolute Gasteiger partial charge is 0.237 e. The van der Waals surface area contributed by atoms with Gasteiger partial charge in [-0.25, -0.2) is 4.39 Å². The van der Waals surface area contributed by atoms with E-state index in [1.165, 1.54) is 23.3 Å². The Hall–Kier alpha value is -4.34. The quantitative estimate of drug-likeness (QED) is 0.251. The van der Waals surface area contributed by atoms with Crippen LogP contribution < -0.4 is 5.32 Å². The Balaban J connectivity index is 1.24. The third-order valence-electron chi connectivity index (χ3n) is 7.92. The van der Waals surface area contributed by atoms with Gasteiger partial charge in [-0.15, -0.1) is 0 Å². The monoisotopic (exact) mass is 569 g/mol. The minimum atomic E-state index is -1.15. The number of fused-ring (bicyclic) bond motifs is 1. The van der Waals surface area contributed by atoms with Crippen LogP contribution in [0.25, 0.3) is 27.7 Å². The molecule has 0 saturated heterocycles. The first-order valence-electron chi connectivity index (χ1n) is 14.2. The van der Waals surface area contributed by atoms with Gasteiger partial charge in [-0.05, 0) is 73.5 Å². The predicted octanol–water partition coefficient (Wildman–Crippen LogP) is 4.94. The van der Waals surface area contributed by atoms with Gasteiger partial charge in [0.15, 0.2) is 0 Å². The number of benzene rings is 3. The van der Waals surface area contributed by atoms with Crippen molar-refractivity contribution in [3.63, 3.8) is 0 Å². The molecule has 1 aliphatic rings. The van der Waals surface area contributed by atoms with E-state index in [-0.39, 0.29) is 37.3 Å². The lowest BCUT2D eigenvalue weighted by atomic mass is 9.89. The molecule has 1 atom stereocenters. The third-order valence-corrected chi connectivity index (χ3v) is 7.92. The summed E-state index contributed by atoms with van der Waals surface area (Å²) in [5, 5.41) is 21.4. The molecule has 4 aromatic rings. The number of aromatic nitrogens is 2. The molecule has 3 N–H and O–H groups in total. The van der Waals surface area contributed by atoms with Crippen molar-refractivity contribution in [1.29, 1.82) is 0 Å². The molecule has 1 unspecified atom stereocenters. The number of nitrogens with one attached hydrogen (secondary N) is 2. The molecule has 9 heteroatoms. The molecule has 0 radical (unpaired) electrons. The van der Waals surface area contributed by atoms with E-state index >= 15 is 0 Å². The number of carbonyl (C=O) groups excluding carboxylic acids is 2. The number of aromatic amines is 1. The van der Waals surface area contributed by atoms with Crippen LogP contribution in [-0.2, 0) is 9.59 Å². The van der Waals surface area contributed by atoms with Gasteiger partial charge in [0, 0.05) is 36.3 Å². The highest BCUT2D eigenvalue weighted by atomic mass is 19.1. The lowest BCUT2D eigenvalue weighted by molar-refractivity contribution is -0.135. The van der Waals surface area contributed by atoms with Gasteiger partial charge >= 0.3 is 0 Å². The summed E-state index contributed by atoms with van der Waals surface area (Å²) < 4.78 is 13.4. The fourth-order valence-electron chi connectivity index (χ4n) is 5.27. The van der Waals surface area contributed by atoms with Gasteiger partial charge in [-0.2, -0.15) is 5.10 Å². The zero-order valence-corrected chi connectivity index (χ0v) is 23.9. The molecule has 5 rings (SSSR count). The first-order valence-corrected chi connectivity index (χ1v) is 14.2. The van der Waals surface area contributed by atoms with Crippen molar-refractivity contribution in [2.24, 2.45) is 5.41 Å². The zero-order valence-electron chi connectivity index (χ0n) is 23.9. The molecule has 42 heavy (non-hydrogen) atoms. The number of carbonyl (C=O) groups is 2. The number of halogens is 1. The van der Waals surface area contributed by atoms with Gasteiger partial charge in [0.25, 0.3) is 0 Å². The van der Waals surface area contributed by atoms with Gasteiger partial charge in [0.2, 0.25) is 11.8 Å². The van der Waals surface area contributed by atoms with Crippen molar-refractivity contribution in [3.8, 4) is 11.3 Å². The van der Waals surface area contributed by atoms with Crippen molar-refractivity contribution >= 4 is 34.0 Å². The number of nitrogens with zero attached hydrogens (tertiary/aromatic N) is 3. The molecular weight excluding hydrogens is 533 g/mol. The Kier molecular flexibility index (Phi) is 8.80. The maximum absolute atomic E-state index is 13.5. The summed E-state index contributed by atoms with van der Waals surface area (Å²) in [6.45, 7) is 5.38. The Morgan fingerprint density at radius 3 is 2.52 bits per heavy atom. The van der Waals surface area contributed by atoms with Crippen molar-refractivity contribution in [2.45, 2.75) is 20.3 Å². The normalized spacial score (nSPS) is 15.0. The molecule has 0 saturated carbocycles. The van der Waals surface area contributed by atoms with Crippen molar-refractivity contribution in [3.05, 3.63) is 90.3 Å². The molecule has 0 fully saturated rings. The number of hydrogen-bond donors (Lipinski definition) is 3. The summed E-state index contributed by atoms with van der Waals surface area (Å²) in [6.07, 6.45) is 2.90. The summed E-state index contributed by atoms with van der Waals surface area (Å²) in [5.41, 5.74) is 3.99. The number of H-pyrrole nitrogens is 1. The summed E-state index contributed by atoms with van der Waals surface area (Å²) >= 11 is 0. The Bertz CT molecular complexity index is 1580. The van der Waals surface area contributed by atoms with E-state index in [2.05, 4.69) is 33.7 Å². The molecule has 1 aliphatic heterocycles. The predicted molar refractivity (Wildman–Crippen MR) is 163 cm³/mol. The fraction of sp³-hybridized carbons (Fsp3) is 0.303. The molecule has 0 spiro atoms. The Morgan fingerprint density at radius 2 is 1.86 bits per heavy atom. The van der Waals surface area contributed by atoms with E-state index in [0.717, 1.165) is 22.9 Å². The van der Waals surface area contributed by atoms with E-state index in [1.54, 1.807) is 25.1 Å². The number of anilines is 1. The van der Waals surface area contributed by atoms with Gasteiger partial charge in [0.05, 0.1) is 29.8 Å². The first-order chi connectivity index (χ1) is 20.3. The van der Waals surface area contributed by atoms with Crippen LogP contribution in [0.3, 0.4) is 0 Å². The molecule has 2 heterocycles. The van der Waals surface area contributed by atoms with Crippen LogP contribution >= 0.6 is 0 Å². The molecule has 2 amide bonds. The van der Waals surface area contributed by atoms with E-state index < -0.39 is 5.41 Å².